The summed E-state index contributed by atoms with van der Waals surface area (Å²) in [5.74, 6) is -2.94. The maximum Gasteiger partial charge on any atom is 0.350 e. The summed E-state index contributed by atoms with van der Waals surface area (Å²) in [7, 11) is -2.55. The Hall–Kier alpha value is -1.99. The van der Waals surface area contributed by atoms with Gasteiger partial charge in [0.05, 0.1) is 18.9 Å². The third-order valence-electron chi connectivity index (χ3n) is 2.05. The Morgan fingerprint density at radius 2 is 2.15 bits per heavy atom. The van der Waals surface area contributed by atoms with Crippen LogP contribution in [0.2, 0.25) is 0 Å². The lowest BCUT2D eigenvalue weighted by molar-refractivity contribution is -0.113. The number of nitriles is 1. The zero-order valence-electron chi connectivity index (χ0n) is 10.7. The van der Waals surface area contributed by atoms with Crippen molar-refractivity contribution >= 4 is 38.2 Å². The van der Waals surface area contributed by atoms with Crippen molar-refractivity contribution in [3.05, 3.63) is 10.6 Å². The smallest absolute Gasteiger partial charge is 0.350 e. The summed E-state index contributed by atoms with van der Waals surface area (Å²) in [6.07, 6.45) is 0. The van der Waals surface area contributed by atoms with E-state index in [9.17, 15) is 18.0 Å². The summed E-state index contributed by atoms with van der Waals surface area (Å²) in [4.78, 5) is 27.0. The molecule has 0 aliphatic carbocycles. The van der Waals surface area contributed by atoms with E-state index < -0.39 is 33.2 Å². The number of aromatic nitrogens is 1. The number of amides is 1. The van der Waals surface area contributed by atoms with Gasteiger partial charge in [-0.1, -0.05) is 11.3 Å². The van der Waals surface area contributed by atoms with Crippen LogP contribution in [0.5, 0.6) is 0 Å². The zero-order chi connectivity index (χ0) is 15.3. The molecule has 1 amide bonds. The van der Waals surface area contributed by atoms with Gasteiger partial charge in [0.15, 0.2) is 15.0 Å². The fourth-order valence-corrected chi connectivity index (χ4v) is 2.91. The first-order valence-electron chi connectivity index (χ1n) is 5.22. The van der Waals surface area contributed by atoms with Crippen molar-refractivity contribution < 1.29 is 22.7 Å². The second kappa shape index (κ2) is 6.44. The minimum Gasteiger partial charge on any atom is -0.465 e. The third kappa shape index (κ3) is 4.29. The van der Waals surface area contributed by atoms with Crippen LogP contribution in [0.15, 0.2) is 0 Å². The first-order valence-corrected chi connectivity index (χ1v) is 7.86. The van der Waals surface area contributed by atoms with Gasteiger partial charge in [0.25, 0.3) is 0 Å². The van der Waals surface area contributed by atoms with Gasteiger partial charge in [-0.2, -0.15) is 5.26 Å². The number of hydrogen-bond donors (Lipinski definition) is 1. The maximum absolute atomic E-state index is 11.5. The van der Waals surface area contributed by atoms with Crippen LogP contribution >= 0.6 is 11.3 Å². The van der Waals surface area contributed by atoms with Crippen molar-refractivity contribution in [3.8, 4) is 6.07 Å². The van der Waals surface area contributed by atoms with Crippen LogP contribution in [0, 0.1) is 18.3 Å². The highest BCUT2D eigenvalue weighted by atomic mass is 32.2. The van der Waals surface area contributed by atoms with Crippen molar-refractivity contribution in [2.75, 3.05) is 23.9 Å². The number of nitrogens with zero attached hydrogens (tertiary/aromatic N) is 2. The zero-order valence-corrected chi connectivity index (χ0v) is 12.3. The number of carbonyl (C=O) groups is 2. The minimum atomic E-state index is -3.76. The fourth-order valence-electron chi connectivity index (χ4n) is 1.24. The monoisotopic (exact) mass is 317 g/mol. The standard InChI is InChI=1S/C10H11N3O5S2/c1-6-8(9(15)18-2)19-10(12-6)13-7(14)5-20(16,17)4-3-11/h4-5H2,1-2H3,(H,12,13,14). The summed E-state index contributed by atoms with van der Waals surface area (Å²) in [6.45, 7) is 1.56. The summed E-state index contributed by atoms with van der Waals surface area (Å²) in [5.41, 5.74) is 0.372. The fraction of sp³-hybridized carbons (Fsp3) is 0.400. The van der Waals surface area contributed by atoms with Crippen LogP contribution in [0.3, 0.4) is 0 Å². The predicted octanol–water partition coefficient (Wildman–Crippen LogP) is 0.115. The second-order valence-electron chi connectivity index (χ2n) is 3.66. The molecular formula is C10H11N3O5S2. The molecule has 20 heavy (non-hydrogen) atoms. The molecule has 0 saturated heterocycles. The third-order valence-corrected chi connectivity index (χ3v) is 4.37. The lowest BCUT2D eigenvalue weighted by Crippen LogP contribution is -2.24. The van der Waals surface area contributed by atoms with E-state index in [4.69, 9.17) is 5.26 Å². The van der Waals surface area contributed by atoms with Gasteiger partial charge in [-0.05, 0) is 6.92 Å². The molecule has 0 aliphatic heterocycles. The van der Waals surface area contributed by atoms with Crippen LogP contribution in [0.4, 0.5) is 5.13 Å². The van der Waals surface area contributed by atoms with E-state index in [0.717, 1.165) is 11.3 Å². The number of thiazole rings is 1. The molecule has 8 nitrogen and oxygen atoms in total. The highest BCUT2D eigenvalue weighted by molar-refractivity contribution is 7.92. The normalized spacial score (nSPS) is 10.7. The van der Waals surface area contributed by atoms with Gasteiger partial charge in [0.1, 0.15) is 16.4 Å². The van der Waals surface area contributed by atoms with Crippen molar-refractivity contribution in [1.29, 1.82) is 5.26 Å². The molecular weight excluding hydrogens is 306 g/mol. The Morgan fingerprint density at radius 3 is 2.70 bits per heavy atom. The molecule has 0 fully saturated rings. The van der Waals surface area contributed by atoms with Crippen LogP contribution in [-0.2, 0) is 19.4 Å². The van der Waals surface area contributed by atoms with Gasteiger partial charge >= 0.3 is 5.97 Å². The van der Waals surface area contributed by atoms with E-state index >= 15 is 0 Å². The molecule has 0 aliphatic rings. The van der Waals surface area contributed by atoms with E-state index in [1.54, 1.807) is 6.92 Å². The second-order valence-corrected chi connectivity index (χ2v) is 6.73. The molecule has 1 heterocycles. The summed E-state index contributed by atoms with van der Waals surface area (Å²) in [5, 5.41) is 10.7. The molecule has 0 atom stereocenters. The quantitative estimate of drug-likeness (QED) is 0.764. The molecule has 1 N–H and O–H groups in total. The van der Waals surface area contributed by atoms with Gasteiger partial charge in [-0.15, -0.1) is 0 Å². The number of nitrogens with one attached hydrogen (secondary N) is 1. The van der Waals surface area contributed by atoms with Crippen molar-refractivity contribution in [2.45, 2.75) is 6.92 Å². The number of anilines is 1. The van der Waals surface area contributed by atoms with Gasteiger partial charge in [-0.25, -0.2) is 18.2 Å². The van der Waals surface area contributed by atoms with E-state index in [1.165, 1.54) is 13.2 Å². The molecule has 10 heteroatoms. The molecule has 0 radical (unpaired) electrons. The number of aryl methyl sites for hydroxylation is 1. The largest absolute Gasteiger partial charge is 0.465 e. The average molecular weight is 317 g/mol. The molecule has 1 rings (SSSR count). The molecule has 0 saturated carbocycles. The van der Waals surface area contributed by atoms with Crippen LogP contribution < -0.4 is 5.32 Å². The average Bonchev–Trinajstić information content (AvgIpc) is 2.67. The lowest BCUT2D eigenvalue weighted by atomic mass is 10.4. The molecule has 1 aromatic rings. The molecule has 1 aromatic heterocycles. The SMILES string of the molecule is COC(=O)c1sc(NC(=O)CS(=O)(=O)CC#N)nc1C. The number of carbonyl (C=O) groups excluding carboxylic acids is 2. The Morgan fingerprint density at radius 1 is 1.50 bits per heavy atom. The van der Waals surface area contributed by atoms with E-state index in [1.807, 2.05) is 0 Å². The summed E-state index contributed by atoms with van der Waals surface area (Å²) >= 11 is 0.882. The summed E-state index contributed by atoms with van der Waals surface area (Å²) < 4.78 is 27.1. The van der Waals surface area contributed by atoms with E-state index in [2.05, 4.69) is 15.0 Å². The van der Waals surface area contributed by atoms with Gasteiger partial charge in [-0.3, -0.25) is 4.79 Å². The summed E-state index contributed by atoms with van der Waals surface area (Å²) in [6, 6.07) is 1.47. The minimum absolute atomic E-state index is 0.0973. The molecule has 0 bridgehead atoms. The van der Waals surface area contributed by atoms with Crippen LogP contribution in [0.25, 0.3) is 0 Å². The first-order chi connectivity index (χ1) is 9.29. The predicted molar refractivity (Wildman–Crippen MR) is 71.1 cm³/mol. The van der Waals surface area contributed by atoms with Crippen molar-refractivity contribution in [3.63, 3.8) is 0 Å². The number of ether oxygens (including phenoxy) is 1. The van der Waals surface area contributed by atoms with Crippen molar-refractivity contribution in [2.24, 2.45) is 0 Å². The Bertz CT molecular complexity index is 672. The maximum atomic E-state index is 11.5. The number of hydrogen-bond acceptors (Lipinski definition) is 8. The highest BCUT2D eigenvalue weighted by Gasteiger charge is 2.20. The molecule has 0 aromatic carbocycles. The van der Waals surface area contributed by atoms with Gasteiger partial charge in [0, 0.05) is 0 Å². The molecule has 108 valence electrons. The molecule has 0 spiro atoms. The topological polar surface area (TPSA) is 126 Å². The lowest BCUT2D eigenvalue weighted by Gasteiger charge is -2.00. The number of rotatable bonds is 5. The Balaban J connectivity index is 2.78. The Kier molecular flexibility index (Phi) is 5.18. The van der Waals surface area contributed by atoms with Crippen LogP contribution in [-0.4, -0.2) is 43.9 Å². The first kappa shape index (κ1) is 16.1. The van der Waals surface area contributed by atoms with E-state index in [0.29, 0.717) is 5.69 Å². The highest BCUT2D eigenvalue weighted by Crippen LogP contribution is 2.23. The van der Waals surface area contributed by atoms with Gasteiger partial charge in [0.2, 0.25) is 5.91 Å². The number of sulfone groups is 1. The van der Waals surface area contributed by atoms with E-state index in [-0.39, 0.29) is 10.0 Å². The molecule has 0 unspecified atom stereocenters. The number of esters is 1. The van der Waals surface area contributed by atoms with Crippen molar-refractivity contribution in [1.82, 2.24) is 4.98 Å². The Labute approximate surface area is 119 Å². The van der Waals surface area contributed by atoms with Gasteiger partial charge < -0.3 is 10.1 Å². The van der Waals surface area contributed by atoms with Crippen LogP contribution in [0.1, 0.15) is 15.4 Å². The number of methoxy groups -OCH3 is 1.